The number of pyridine rings is 1. The van der Waals surface area contributed by atoms with Crippen LogP contribution in [0, 0.1) is 13.8 Å². The van der Waals surface area contributed by atoms with Crippen LogP contribution in [0.5, 0.6) is 5.75 Å². The molecule has 1 amide bonds. The van der Waals surface area contributed by atoms with Crippen molar-refractivity contribution in [1.82, 2.24) is 9.88 Å². The SMILES string of the molecule is Cc1c(N2CCC(Oc3ccc4c(c3)COCC4)CC2)nc2c(c1C)C(=O)N(CCO)C2. The Hall–Kier alpha value is -2.64. The number of carbonyl (C=O) groups is 1. The molecule has 1 N–H and O–H groups in total. The molecule has 0 saturated carbocycles. The lowest BCUT2D eigenvalue weighted by atomic mass is 10.0. The molecule has 4 heterocycles. The fraction of sp³-hybridized carbons (Fsp3) is 0.520. The molecule has 0 bridgehead atoms. The lowest BCUT2D eigenvalue weighted by molar-refractivity contribution is 0.0744. The number of aromatic nitrogens is 1. The Balaban J connectivity index is 1.26. The molecule has 1 aromatic heterocycles. The molecule has 1 saturated heterocycles. The maximum absolute atomic E-state index is 12.7. The third-order valence-electron chi connectivity index (χ3n) is 7.01. The van der Waals surface area contributed by atoms with E-state index in [1.165, 1.54) is 11.1 Å². The van der Waals surface area contributed by atoms with E-state index >= 15 is 0 Å². The van der Waals surface area contributed by atoms with Crippen LogP contribution in [0.1, 0.15) is 51.1 Å². The second kappa shape index (κ2) is 8.71. The number of hydrogen-bond acceptors (Lipinski definition) is 6. The largest absolute Gasteiger partial charge is 0.490 e. The number of nitrogens with zero attached hydrogens (tertiary/aromatic N) is 3. The molecule has 2 aromatic rings. The van der Waals surface area contributed by atoms with Crippen LogP contribution >= 0.6 is 0 Å². The molecule has 7 nitrogen and oxygen atoms in total. The Morgan fingerprint density at radius 1 is 1.19 bits per heavy atom. The number of piperidine rings is 1. The molecular weight excluding hydrogens is 406 g/mol. The first-order valence-corrected chi connectivity index (χ1v) is 11.6. The minimum Gasteiger partial charge on any atom is -0.490 e. The number of β-amino-alcohol motifs (C(OH)–C–C–N with tert-alkyl or cyclic N) is 1. The van der Waals surface area contributed by atoms with Crippen molar-refractivity contribution in [1.29, 1.82) is 0 Å². The van der Waals surface area contributed by atoms with Gasteiger partial charge in [0.25, 0.3) is 5.91 Å². The zero-order valence-corrected chi connectivity index (χ0v) is 18.9. The summed E-state index contributed by atoms with van der Waals surface area (Å²) in [6, 6.07) is 6.39. The van der Waals surface area contributed by atoms with Crippen molar-refractivity contribution in [2.24, 2.45) is 0 Å². The number of aliphatic hydroxyl groups excluding tert-OH is 1. The third kappa shape index (κ3) is 3.84. The Bertz CT molecular complexity index is 1030. The summed E-state index contributed by atoms with van der Waals surface area (Å²) >= 11 is 0. The van der Waals surface area contributed by atoms with Gasteiger partial charge >= 0.3 is 0 Å². The van der Waals surface area contributed by atoms with Gasteiger partial charge in [0.2, 0.25) is 0 Å². The minimum atomic E-state index is -0.0324. The van der Waals surface area contributed by atoms with Gasteiger partial charge < -0.3 is 24.4 Å². The Morgan fingerprint density at radius 2 is 2.00 bits per heavy atom. The first-order valence-electron chi connectivity index (χ1n) is 11.6. The van der Waals surface area contributed by atoms with E-state index in [2.05, 4.69) is 30.0 Å². The molecule has 0 aliphatic carbocycles. The van der Waals surface area contributed by atoms with Crippen molar-refractivity contribution in [3.8, 4) is 5.75 Å². The highest BCUT2D eigenvalue weighted by molar-refractivity contribution is 6.00. The smallest absolute Gasteiger partial charge is 0.256 e. The Kier molecular flexibility index (Phi) is 5.78. The summed E-state index contributed by atoms with van der Waals surface area (Å²) in [6.45, 7) is 8.08. The number of carbonyl (C=O) groups excluding carboxylic acids is 1. The molecule has 0 radical (unpaired) electrons. The number of amides is 1. The van der Waals surface area contributed by atoms with Crippen LogP contribution in [0.4, 0.5) is 5.82 Å². The van der Waals surface area contributed by atoms with Crippen LogP contribution < -0.4 is 9.64 Å². The fourth-order valence-corrected chi connectivity index (χ4v) is 5.05. The fourth-order valence-electron chi connectivity index (χ4n) is 5.05. The quantitative estimate of drug-likeness (QED) is 0.775. The van der Waals surface area contributed by atoms with Crippen LogP contribution in [-0.2, 0) is 24.3 Å². The molecule has 32 heavy (non-hydrogen) atoms. The third-order valence-corrected chi connectivity index (χ3v) is 7.01. The van der Waals surface area contributed by atoms with Crippen LogP contribution in [0.2, 0.25) is 0 Å². The summed E-state index contributed by atoms with van der Waals surface area (Å²) in [5.41, 5.74) is 6.22. The molecule has 5 rings (SSSR count). The van der Waals surface area contributed by atoms with Crippen molar-refractivity contribution < 1.29 is 19.4 Å². The van der Waals surface area contributed by atoms with Gasteiger partial charge in [0.05, 0.1) is 37.6 Å². The first kappa shape index (κ1) is 21.2. The molecule has 3 aliphatic rings. The molecule has 0 unspecified atom stereocenters. The minimum absolute atomic E-state index is 0.0174. The summed E-state index contributed by atoms with van der Waals surface area (Å²) in [5.74, 6) is 1.89. The van der Waals surface area contributed by atoms with E-state index in [-0.39, 0.29) is 18.6 Å². The van der Waals surface area contributed by atoms with E-state index in [1.807, 2.05) is 6.92 Å². The highest BCUT2D eigenvalue weighted by Crippen LogP contribution is 2.33. The first-order chi connectivity index (χ1) is 15.5. The van der Waals surface area contributed by atoms with Gasteiger partial charge in [-0.1, -0.05) is 6.07 Å². The number of benzene rings is 1. The average Bonchev–Trinajstić information content (AvgIpc) is 3.12. The van der Waals surface area contributed by atoms with Gasteiger partial charge in [-0.25, -0.2) is 4.98 Å². The van der Waals surface area contributed by atoms with Crippen molar-refractivity contribution in [2.45, 2.75) is 52.4 Å². The Labute approximate surface area is 189 Å². The molecule has 1 aromatic carbocycles. The lowest BCUT2D eigenvalue weighted by Crippen LogP contribution is -2.39. The predicted molar refractivity (Wildman–Crippen MR) is 121 cm³/mol. The van der Waals surface area contributed by atoms with Gasteiger partial charge in [0, 0.05) is 32.5 Å². The highest BCUT2D eigenvalue weighted by atomic mass is 16.5. The van der Waals surface area contributed by atoms with Gasteiger partial charge in [-0.2, -0.15) is 0 Å². The maximum Gasteiger partial charge on any atom is 0.256 e. The molecule has 0 atom stereocenters. The number of fused-ring (bicyclic) bond motifs is 2. The predicted octanol–water partition coefficient (Wildman–Crippen LogP) is 2.77. The van der Waals surface area contributed by atoms with E-state index in [4.69, 9.17) is 14.5 Å². The summed E-state index contributed by atoms with van der Waals surface area (Å²) < 4.78 is 11.9. The van der Waals surface area contributed by atoms with Crippen molar-refractivity contribution in [3.05, 3.63) is 51.7 Å². The summed E-state index contributed by atoms with van der Waals surface area (Å²) in [7, 11) is 0. The lowest BCUT2D eigenvalue weighted by Gasteiger charge is -2.34. The van der Waals surface area contributed by atoms with Gasteiger partial charge in [0.15, 0.2) is 0 Å². The Morgan fingerprint density at radius 3 is 2.78 bits per heavy atom. The second-order valence-corrected chi connectivity index (χ2v) is 8.99. The van der Waals surface area contributed by atoms with Crippen molar-refractivity contribution >= 4 is 11.7 Å². The van der Waals surface area contributed by atoms with E-state index in [0.717, 1.165) is 67.3 Å². The summed E-state index contributed by atoms with van der Waals surface area (Å²) in [4.78, 5) is 21.6. The van der Waals surface area contributed by atoms with Crippen molar-refractivity contribution in [3.63, 3.8) is 0 Å². The monoisotopic (exact) mass is 437 g/mol. The molecule has 3 aliphatic heterocycles. The van der Waals surface area contributed by atoms with Crippen LogP contribution in [0.25, 0.3) is 0 Å². The van der Waals surface area contributed by atoms with E-state index < -0.39 is 0 Å². The number of rotatable bonds is 5. The van der Waals surface area contributed by atoms with Gasteiger partial charge in [-0.3, -0.25) is 4.79 Å². The van der Waals surface area contributed by atoms with Crippen LogP contribution in [0.15, 0.2) is 18.2 Å². The van der Waals surface area contributed by atoms with Crippen LogP contribution in [-0.4, -0.2) is 59.8 Å². The van der Waals surface area contributed by atoms with Crippen molar-refractivity contribution in [2.75, 3.05) is 37.7 Å². The second-order valence-electron chi connectivity index (χ2n) is 8.99. The van der Waals surface area contributed by atoms with E-state index in [9.17, 15) is 9.90 Å². The molecule has 1 fully saturated rings. The standard InChI is InChI=1S/C25H31N3O4/c1-16-17(2)24(26-22-14-28(10-11-29)25(30)23(16)22)27-8-5-20(6-9-27)32-21-4-3-18-7-12-31-15-19(18)13-21/h3-4,13,20,29H,5-12,14-15H2,1-2H3. The molecule has 7 heteroatoms. The van der Waals surface area contributed by atoms with Gasteiger partial charge in [0.1, 0.15) is 17.7 Å². The summed E-state index contributed by atoms with van der Waals surface area (Å²) in [5, 5.41) is 9.25. The molecule has 0 spiro atoms. The van der Waals surface area contributed by atoms with E-state index in [0.29, 0.717) is 25.3 Å². The van der Waals surface area contributed by atoms with Crippen LogP contribution in [0.3, 0.4) is 0 Å². The number of aliphatic hydroxyl groups is 1. The highest BCUT2D eigenvalue weighted by Gasteiger charge is 2.33. The number of anilines is 1. The molecular formula is C25H31N3O4. The van der Waals surface area contributed by atoms with Gasteiger partial charge in [-0.15, -0.1) is 0 Å². The maximum atomic E-state index is 12.7. The average molecular weight is 438 g/mol. The number of ether oxygens (including phenoxy) is 2. The zero-order chi connectivity index (χ0) is 22.2. The van der Waals surface area contributed by atoms with E-state index in [1.54, 1.807) is 4.90 Å². The number of hydrogen-bond donors (Lipinski definition) is 1. The molecule has 170 valence electrons. The normalized spacial score (nSPS) is 18.7. The summed E-state index contributed by atoms with van der Waals surface area (Å²) in [6.07, 6.45) is 3.02. The zero-order valence-electron chi connectivity index (χ0n) is 18.9. The topological polar surface area (TPSA) is 75.1 Å². The van der Waals surface area contributed by atoms with Gasteiger partial charge in [-0.05, 0) is 54.7 Å².